The van der Waals surface area contributed by atoms with Crippen LogP contribution in [0.4, 0.5) is 10.7 Å². The fraction of sp³-hybridized carbons (Fsp3) is 0.316. The second-order valence-corrected chi connectivity index (χ2v) is 7.71. The summed E-state index contributed by atoms with van der Waals surface area (Å²) in [5.74, 6) is 0.134. The van der Waals surface area contributed by atoms with Crippen LogP contribution in [0, 0.1) is 0 Å². The van der Waals surface area contributed by atoms with Crippen LogP contribution in [-0.2, 0) is 11.3 Å². The van der Waals surface area contributed by atoms with Crippen molar-refractivity contribution in [3.05, 3.63) is 53.0 Å². The van der Waals surface area contributed by atoms with Crippen molar-refractivity contribution in [3.63, 3.8) is 0 Å². The molecule has 0 unspecified atom stereocenters. The lowest BCUT2D eigenvalue weighted by Gasteiger charge is -2.32. The van der Waals surface area contributed by atoms with Gasteiger partial charge in [0.2, 0.25) is 5.95 Å². The molecular weight excluding hydrogens is 376 g/mol. The second-order valence-electron chi connectivity index (χ2n) is 6.70. The predicted octanol–water partition coefficient (Wildman–Crippen LogP) is 2.27. The zero-order valence-electron chi connectivity index (χ0n) is 15.2. The van der Waals surface area contributed by atoms with Crippen molar-refractivity contribution in [1.82, 2.24) is 25.2 Å². The maximum Gasteiger partial charge on any atom is 0.290 e. The van der Waals surface area contributed by atoms with Crippen LogP contribution >= 0.6 is 11.8 Å². The molecule has 2 aromatic heterocycles. The van der Waals surface area contributed by atoms with Crippen LogP contribution in [0.15, 0.2) is 41.6 Å². The molecule has 8 nitrogen and oxygen atoms in total. The molecule has 9 heteroatoms. The summed E-state index contributed by atoms with van der Waals surface area (Å²) in [6, 6.07) is 7.92. The van der Waals surface area contributed by atoms with E-state index in [2.05, 4.69) is 30.5 Å². The van der Waals surface area contributed by atoms with Gasteiger partial charge in [-0.25, -0.2) is 9.97 Å². The molecule has 28 heavy (non-hydrogen) atoms. The van der Waals surface area contributed by atoms with Crippen molar-refractivity contribution >= 4 is 34.9 Å². The third kappa shape index (κ3) is 4.73. The van der Waals surface area contributed by atoms with Crippen molar-refractivity contribution in [2.45, 2.75) is 25.4 Å². The number of carbonyl (C=O) groups is 2. The molecule has 1 atom stereocenters. The summed E-state index contributed by atoms with van der Waals surface area (Å²) in [4.78, 5) is 38.8. The summed E-state index contributed by atoms with van der Waals surface area (Å²) in [6.07, 6.45) is 7.20. The summed E-state index contributed by atoms with van der Waals surface area (Å²) in [5, 5.41) is 5.27. The first kappa shape index (κ1) is 18.6. The van der Waals surface area contributed by atoms with E-state index in [0.29, 0.717) is 16.5 Å². The zero-order chi connectivity index (χ0) is 19.3. The largest absolute Gasteiger partial charge is 0.350 e. The second kappa shape index (κ2) is 8.49. The Morgan fingerprint density at radius 2 is 2.18 bits per heavy atom. The van der Waals surface area contributed by atoms with Gasteiger partial charge in [-0.15, -0.1) is 0 Å². The van der Waals surface area contributed by atoms with E-state index < -0.39 is 0 Å². The van der Waals surface area contributed by atoms with Crippen molar-refractivity contribution in [3.8, 4) is 0 Å². The van der Waals surface area contributed by atoms with E-state index in [-0.39, 0.29) is 17.2 Å². The number of nitrogens with one attached hydrogen (secondary N) is 2. The molecule has 2 amide bonds. The summed E-state index contributed by atoms with van der Waals surface area (Å²) < 4.78 is 0. The van der Waals surface area contributed by atoms with Crippen LogP contribution in [0.2, 0.25) is 0 Å². The average molecular weight is 396 g/mol. The van der Waals surface area contributed by atoms with Crippen LogP contribution in [0.1, 0.15) is 24.2 Å². The number of rotatable bonds is 5. The number of nitrogens with zero attached hydrogens (tertiary/aromatic N) is 4. The number of pyridine rings is 1. The smallest absolute Gasteiger partial charge is 0.290 e. The van der Waals surface area contributed by atoms with Gasteiger partial charge in [-0.2, -0.15) is 0 Å². The van der Waals surface area contributed by atoms with E-state index in [1.807, 2.05) is 24.4 Å². The quantitative estimate of drug-likeness (QED) is 0.743. The Bertz CT molecular complexity index is 904. The Kier molecular flexibility index (Phi) is 5.63. The molecule has 144 valence electrons. The van der Waals surface area contributed by atoms with Gasteiger partial charge in [0.25, 0.3) is 11.1 Å². The van der Waals surface area contributed by atoms with Crippen LogP contribution in [0.25, 0.3) is 6.08 Å². The number of hydrogen-bond donors (Lipinski definition) is 2. The van der Waals surface area contributed by atoms with Gasteiger partial charge >= 0.3 is 0 Å². The molecule has 0 saturated carbocycles. The zero-order valence-corrected chi connectivity index (χ0v) is 16.0. The average Bonchev–Trinajstić information content (AvgIpc) is 3.00. The molecule has 0 spiro atoms. The van der Waals surface area contributed by atoms with Gasteiger partial charge in [-0.05, 0) is 55.4 Å². The van der Waals surface area contributed by atoms with Crippen LogP contribution in [0.5, 0.6) is 0 Å². The van der Waals surface area contributed by atoms with Gasteiger partial charge in [0, 0.05) is 31.5 Å². The Hall–Kier alpha value is -2.78. The molecule has 4 rings (SSSR count). The number of carbonyl (C=O) groups excluding carboxylic acids is 2. The number of aromatic nitrogens is 3. The normalized spacial score (nSPS) is 21.7. The van der Waals surface area contributed by atoms with Gasteiger partial charge in [0.15, 0.2) is 0 Å². The van der Waals surface area contributed by atoms with Crippen LogP contribution < -0.4 is 10.6 Å². The van der Waals surface area contributed by atoms with E-state index >= 15 is 0 Å². The van der Waals surface area contributed by atoms with Gasteiger partial charge in [0.05, 0.1) is 16.3 Å². The van der Waals surface area contributed by atoms with Gasteiger partial charge in [-0.1, -0.05) is 6.07 Å². The topological polar surface area (TPSA) is 100 Å². The first-order valence-electron chi connectivity index (χ1n) is 9.12. The maximum absolute atomic E-state index is 11.7. The number of anilines is 1. The van der Waals surface area contributed by atoms with E-state index in [1.165, 1.54) is 0 Å². The van der Waals surface area contributed by atoms with E-state index in [9.17, 15) is 9.59 Å². The van der Waals surface area contributed by atoms with E-state index in [0.717, 1.165) is 49.9 Å². The molecular formula is C19H20N6O2S. The molecule has 2 aromatic rings. The van der Waals surface area contributed by atoms with Gasteiger partial charge in [-0.3, -0.25) is 24.8 Å². The lowest BCUT2D eigenvalue weighted by Crippen LogP contribution is -2.42. The molecule has 2 aliphatic rings. The Balaban J connectivity index is 1.39. The number of imide groups is 1. The molecule has 2 aliphatic heterocycles. The van der Waals surface area contributed by atoms with Crippen molar-refractivity contribution in [2.24, 2.45) is 0 Å². The number of piperidine rings is 1. The fourth-order valence-corrected chi connectivity index (χ4v) is 3.97. The molecule has 0 aliphatic carbocycles. The number of thioether (sulfide) groups is 1. The lowest BCUT2D eigenvalue weighted by molar-refractivity contribution is -0.115. The van der Waals surface area contributed by atoms with Gasteiger partial charge in [0.1, 0.15) is 0 Å². The number of amides is 2. The monoisotopic (exact) mass is 396 g/mol. The number of hydrogen-bond acceptors (Lipinski definition) is 8. The summed E-state index contributed by atoms with van der Waals surface area (Å²) in [6.45, 7) is 2.76. The molecule has 0 aromatic carbocycles. The number of likely N-dealkylation sites (tertiary alicyclic amines) is 1. The minimum atomic E-state index is -0.388. The third-order valence-electron chi connectivity index (χ3n) is 4.55. The molecule has 2 fully saturated rings. The van der Waals surface area contributed by atoms with Crippen molar-refractivity contribution in [2.75, 3.05) is 18.4 Å². The lowest BCUT2D eigenvalue weighted by atomic mass is 10.1. The molecule has 2 N–H and O–H groups in total. The minimum Gasteiger partial charge on any atom is -0.350 e. The molecule has 0 bridgehead atoms. The molecule has 2 saturated heterocycles. The fourth-order valence-electron chi connectivity index (χ4n) is 3.30. The van der Waals surface area contributed by atoms with Gasteiger partial charge < -0.3 is 5.32 Å². The van der Waals surface area contributed by atoms with Crippen LogP contribution in [0.3, 0.4) is 0 Å². The Morgan fingerprint density at radius 1 is 1.25 bits per heavy atom. The van der Waals surface area contributed by atoms with Crippen molar-refractivity contribution in [1.29, 1.82) is 0 Å². The first-order chi connectivity index (χ1) is 13.7. The van der Waals surface area contributed by atoms with Crippen LogP contribution in [-0.4, -0.2) is 50.1 Å². The van der Waals surface area contributed by atoms with E-state index in [1.54, 1.807) is 18.3 Å². The Morgan fingerprint density at radius 3 is 2.96 bits per heavy atom. The molecule has 0 radical (unpaired) electrons. The summed E-state index contributed by atoms with van der Waals surface area (Å²) in [7, 11) is 0. The molecule has 4 heterocycles. The highest BCUT2D eigenvalue weighted by atomic mass is 32.2. The highest BCUT2D eigenvalue weighted by molar-refractivity contribution is 8.18. The SMILES string of the molecule is O=C1NC(=O)C(=Cc2ccnc(N[C@H]3CCCN(Cc4ccccn4)C3)n2)S1. The highest BCUT2D eigenvalue weighted by Gasteiger charge is 2.25. The van der Waals surface area contributed by atoms with E-state index in [4.69, 9.17) is 0 Å². The summed E-state index contributed by atoms with van der Waals surface area (Å²) in [5.41, 5.74) is 1.65. The highest BCUT2D eigenvalue weighted by Crippen LogP contribution is 2.25. The third-order valence-corrected chi connectivity index (χ3v) is 5.36. The minimum absolute atomic E-state index is 0.242. The predicted molar refractivity (Wildman–Crippen MR) is 107 cm³/mol. The summed E-state index contributed by atoms with van der Waals surface area (Å²) >= 11 is 0.879. The van der Waals surface area contributed by atoms with Crippen molar-refractivity contribution < 1.29 is 9.59 Å². The standard InChI is InChI=1S/C19H20N6O2S/c26-17-16(28-19(27)24-17)10-13-6-8-21-18(22-13)23-15-5-3-9-25(12-15)11-14-4-1-2-7-20-14/h1-2,4,6-8,10,15H,3,5,9,11-12H2,(H,21,22,23)(H,24,26,27)/t15-/m0/s1. The first-order valence-corrected chi connectivity index (χ1v) is 9.94. The Labute approximate surface area is 166 Å². The maximum atomic E-state index is 11.7.